The summed E-state index contributed by atoms with van der Waals surface area (Å²) in [5.74, 6) is 0.844. The molecule has 0 bridgehead atoms. The van der Waals surface area contributed by atoms with Crippen molar-refractivity contribution >= 4 is 19.7 Å². The largest absolute Gasteiger partial charge is 0.127 e. The molecule has 0 nitrogen and oxygen atoms in total. The maximum Gasteiger partial charge on any atom is 0.0473 e. The van der Waals surface area contributed by atoms with Crippen LogP contribution in [-0.4, -0.2) is 14.0 Å². The number of unbranched alkanes of at least 4 members (excludes halogenated alkanes) is 1. The molecule has 0 amide bonds. The summed E-state index contributed by atoms with van der Waals surface area (Å²) in [6.45, 7) is 7.27. The highest BCUT2D eigenvalue weighted by atomic mass is 35.5. The predicted octanol–water partition coefficient (Wildman–Crippen LogP) is 4.12. The van der Waals surface area contributed by atoms with Gasteiger partial charge in [0.25, 0.3) is 0 Å². The van der Waals surface area contributed by atoms with Crippen LogP contribution in [0.3, 0.4) is 0 Å². The van der Waals surface area contributed by atoms with E-state index >= 15 is 0 Å². The maximum atomic E-state index is 5.62. The molecule has 0 saturated carbocycles. The van der Waals surface area contributed by atoms with Gasteiger partial charge in [0, 0.05) is 14.0 Å². The molecule has 0 spiro atoms. The van der Waals surface area contributed by atoms with Crippen LogP contribution in [0.25, 0.3) is 0 Å². The second-order valence-electron chi connectivity index (χ2n) is 4.06. The van der Waals surface area contributed by atoms with Crippen molar-refractivity contribution in [3.63, 3.8) is 0 Å². The molecule has 0 aromatic heterocycles. The fourth-order valence-corrected chi connectivity index (χ4v) is 4.50. The SMILES string of the molecule is CCC[Si](C)(C)CCCCCl. The van der Waals surface area contributed by atoms with Crippen LogP contribution in [-0.2, 0) is 0 Å². The first-order valence-electron chi connectivity index (χ1n) is 4.68. The molecule has 0 atom stereocenters. The van der Waals surface area contributed by atoms with Crippen LogP contribution in [0.4, 0.5) is 0 Å². The Bertz CT molecular complexity index is 91.6. The molecule has 0 radical (unpaired) electrons. The van der Waals surface area contributed by atoms with Crippen LogP contribution in [0.2, 0.25) is 25.2 Å². The Morgan fingerprint density at radius 1 is 1.09 bits per heavy atom. The van der Waals surface area contributed by atoms with E-state index in [4.69, 9.17) is 11.6 Å². The first kappa shape index (κ1) is 11.5. The van der Waals surface area contributed by atoms with Gasteiger partial charge in [0.05, 0.1) is 0 Å². The highest BCUT2D eigenvalue weighted by molar-refractivity contribution is 6.77. The van der Waals surface area contributed by atoms with Gasteiger partial charge < -0.3 is 0 Å². The molecule has 0 saturated heterocycles. The van der Waals surface area contributed by atoms with Crippen LogP contribution in [0.1, 0.15) is 26.2 Å². The van der Waals surface area contributed by atoms with Crippen LogP contribution < -0.4 is 0 Å². The van der Waals surface area contributed by atoms with Crippen molar-refractivity contribution < 1.29 is 0 Å². The fourth-order valence-electron chi connectivity index (χ4n) is 1.50. The molecule has 11 heavy (non-hydrogen) atoms. The van der Waals surface area contributed by atoms with E-state index in [0.717, 1.165) is 5.88 Å². The van der Waals surface area contributed by atoms with Crippen molar-refractivity contribution in [1.29, 1.82) is 0 Å². The van der Waals surface area contributed by atoms with Crippen molar-refractivity contribution in [3.8, 4) is 0 Å². The highest BCUT2D eigenvalue weighted by Gasteiger charge is 2.17. The van der Waals surface area contributed by atoms with Crippen LogP contribution in [0, 0.1) is 0 Å². The number of alkyl halides is 1. The molecule has 2 heteroatoms. The third kappa shape index (κ3) is 6.89. The van der Waals surface area contributed by atoms with Gasteiger partial charge in [-0.25, -0.2) is 0 Å². The minimum absolute atomic E-state index is 0.799. The molecule has 0 heterocycles. The van der Waals surface area contributed by atoms with Crippen molar-refractivity contribution in [2.45, 2.75) is 51.4 Å². The quantitative estimate of drug-likeness (QED) is 0.338. The maximum absolute atomic E-state index is 5.62. The standard InChI is InChI=1S/C9H21ClSi/c1-4-8-11(2,3)9-6-5-7-10/h4-9H2,1-3H3. The van der Waals surface area contributed by atoms with Gasteiger partial charge in [0.15, 0.2) is 0 Å². The van der Waals surface area contributed by atoms with E-state index in [1.165, 1.54) is 31.4 Å². The third-order valence-electron chi connectivity index (χ3n) is 2.16. The zero-order chi connectivity index (χ0) is 8.74. The lowest BCUT2D eigenvalue weighted by molar-refractivity contribution is 0.863. The Kier molecular flexibility index (Phi) is 6.35. The summed E-state index contributed by atoms with van der Waals surface area (Å²) in [7, 11) is -0.799. The van der Waals surface area contributed by atoms with E-state index in [9.17, 15) is 0 Å². The smallest absolute Gasteiger partial charge is 0.0473 e. The summed E-state index contributed by atoms with van der Waals surface area (Å²) in [5.41, 5.74) is 0. The molecule has 0 aliphatic rings. The summed E-state index contributed by atoms with van der Waals surface area (Å²) in [4.78, 5) is 0. The second kappa shape index (κ2) is 6.07. The molecule has 68 valence electrons. The van der Waals surface area contributed by atoms with E-state index in [1.54, 1.807) is 0 Å². The summed E-state index contributed by atoms with van der Waals surface area (Å²) in [5, 5.41) is 0. The molecule has 0 unspecified atom stereocenters. The lowest BCUT2D eigenvalue weighted by Gasteiger charge is -2.20. The van der Waals surface area contributed by atoms with Crippen LogP contribution in [0.5, 0.6) is 0 Å². The zero-order valence-corrected chi connectivity index (χ0v) is 9.88. The lowest BCUT2D eigenvalue weighted by atomic mass is 10.4. The van der Waals surface area contributed by atoms with Gasteiger partial charge in [0.1, 0.15) is 0 Å². The summed E-state index contributed by atoms with van der Waals surface area (Å²) >= 11 is 5.62. The number of hydrogen-bond donors (Lipinski definition) is 0. The average molecular weight is 193 g/mol. The van der Waals surface area contributed by atoms with Crippen LogP contribution in [0.15, 0.2) is 0 Å². The van der Waals surface area contributed by atoms with Gasteiger partial charge in [0.2, 0.25) is 0 Å². The van der Waals surface area contributed by atoms with Crippen molar-refractivity contribution in [1.82, 2.24) is 0 Å². The normalized spacial score (nSPS) is 12.0. The molecule has 0 N–H and O–H groups in total. The van der Waals surface area contributed by atoms with Crippen LogP contribution >= 0.6 is 11.6 Å². The molecule has 0 aliphatic heterocycles. The van der Waals surface area contributed by atoms with E-state index in [0.29, 0.717) is 0 Å². The zero-order valence-electron chi connectivity index (χ0n) is 8.12. The van der Waals surface area contributed by atoms with Gasteiger partial charge in [-0.15, -0.1) is 11.6 Å². The van der Waals surface area contributed by atoms with Crippen molar-refractivity contribution in [3.05, 3.63) is 0 Å². The molecular weight excluding hydrogens is 172 g/mol. The molecule has 0 aromatic carbocycles. The van der Waals surface area contributed by atoms with E-state index in [1.807, 2.05) is 0 Å². The Labute approximate surface area is 77.3 Å². The Morgan fingerprint density at radius 2 is 1.73 bits per heavy atom. The minimum atomic E-state index is -0.799. The van der Waals surface area contributed by atoms with E-state index < -0.39 is 8.07 Å². The second-order valence-corrected chi connectivity index (χ2v) is 9.77. The van der Waals surface area contributed by atoms with E-state index in [2.05, 4.69) is 20.0 Å². The Hall–Kier alpha value is 0.507. The Balaban J connectivity index is 3.38. The third-order valence-corrected chi connectivity index (χ3v) is 5.99. The van der Waals surface area contributed by atoms with Gasteiger partial charge in [-0.2, -0.15) is 0 Å². The van der Waals surface area contributed by atoms with Crippen molar-refractivity contribution in [2.24, 2.45) is 0 Å². The highest BCUT2D eigenvalue weighted by Crippen LogP contribution is 2.19. The van der Waals surface area contributed by atoms with E-state index in [-0.39, 0.29) is 0 Å². The van der Waals surface area contributed by atoms with Gasteiger partial charge in [-0.3, -0.25) is 0 Å². The molecule has 0 aromatic rings. The van der Waals surface area contributed by atoms with Gasteiger partial charge >= 0.3 is 0 Å². The first-order chi connectivity index (χ1) is 5.12. The molecule has 0 fully saturated rings. The number of halogens is 1. The fraction of sp³-hybridized carbons (Fsp3) is 1.00. The number of rotatable bonds is 6. The molecule has 0 aliphatic carbocycles. The average Bonchev–Trinajstić information content (AvgIpc) is 1.87. The lowest BCUT2D eigenvalue weighted by Crippen LogP contribution is -2.24. The Morgan fingerprint density at radius 3 is 2.18 bits per heavy atom. The van der Waals surface area contributed by atoms with Crippen molar-refractivity contribution in [2.75, 3.05) is 5.88 Å². The summed E-state index contributed by atoms with van der Waals surface area (Å²) < 4.78 is 0. The van der Waals surface area contributed by atoms with Gasteiger partial charge in [-0.1, -0.05) is 44.9 Å². The topological polar surface area (TPSA) is 0 Å². The molecular formula is C9H21ClSi. The minimum Gasteiger partial charge on any atom is -0.127 e. The predicted molar refractivity (Wildman–Crippen MR) is 57.3 cm³/mol. The number of hydrogen-bond acceptors (Lipinski definition) is 0. The van der Waals surface area contributed by atoms with Gasteiger partial charge in [-0.05, 0) is 6.42 Å². The first-order valence-corrected chi connectivity index (χ1v) is 8.63. The monoisotopic (exact) mass is 192 g/mol. The summed E-state index contributed by atoms with van der Waals surface area (Å²) in [6, 6.07) is 2.95. The molecule has 0 rings (SSSR count). The summed E-state index contributed by atoms with van der Waals surface area (Å²) in [6.07, 6.45) is 3.92.